The Kier molecular flexibility index (Phi) is 6.50. The first-order valence-corrected chi connectivity index (χ1v) is 11.2. The minimum Gasteiger partial charge on any atom is -0.347 e. The normalized spacial score (nSPS) is 11.0. The number of hydrogen-bond acceptors (Lipinski definition) is 5. The lowest BCUT2D eigenvalue weighted by atomic mass is 10.1. The molecule has 0 atom stereocenters. The predicted molar refractivity (Wildman–Crippen MR) is 117 cm³/mol. The summed E-state index contributed by atoms with van der Waals surface area (Å²) < 4.78 is 22.9. The Morgan fingerprint density at radius 1 is 1.00 bits per heavy atom. The first kappa shape index (κ1) is 21.5. The van der Waals surface area contributed by atoms with Crippen molar-refractivity contribution in [1.29, 1.82) is 0 Å². The van der Waals surface area contributed by atoms with Crippen LogP contribution in [0.3, 0.4) is 0 Å². The summed E-state index contributed by atoms with van der Waals surface area (Å²) in [7, 11) is -3.78. The van der Waals surface area contributed by atoms with Gasteiger partial charge in [0.15, 0.2) is 0 Å². The lowest BCUT2D eigenvalue weighted by Crippen LogP contribution is -2.22. The monoisotopic (exact) mass is 444 g/mol. The number of carbonyl (C=O) groups is 2. The van der Waals surface area contributed by atoms with E-state index in [2.05, 4.69) is 16.0 Å². The second-order valence-corrected chi connectivity index (χ2v) is 9.05. The SMILES string of the molecule is Cc1cc(CNC(=O)c2ccc(NC(=O)Nc3ccccc3)s2)ccc1S(N)(=O)=O. The molecule has 0 fully saturated rings. The Morgan fingerprint density at radius 2 is 1.73 bits per heavy atom. The van der Waals surface area contributed by atoms with E-state index in [9.17, 15) is 18.0 Å². The van der Waals surface area contributed by atoms with Gasteiger partial charge in [-0.25, -0.2) is 18.4 Å². The molecule has 2 aromatic carbocycles. The number of nitrogens with one attached hydrogen (secondary N) is 3. The molecule has 0 spiro atoms. The maximum atomic E-state index is 12.4. The van der Waals surface area contributed by atoms with E-state index in [4.69, 9.17) is 5.14 Å². The number of anilines is 2. The van der Waals surface area contributed by atoms with E-state index in [1.807, 2.05) is 18.2 Å². The van der Waals surface area contributed by atoms with E-state index in [-0.39, 0.29) is 17.3 Å². The number of benzene rings is 2. The topological polar surface area (TPSA) is 130 Å². The molecule has 0 bridgehead atoms. The summed E-state index contributed by atoms with van der Waals surface area (Å²) >= 11 is 1.14. The fourth-order valence-electron chi connectivity index (χ4n) is 2.73. The quantitative estimate of drug-likeness (QED) is 0.465. The third-order valence-electron chi connectivity index (χ3n) is 4.10. The standard InChI is InChI=1S/C20H20N4O4S2/c1-13-11-14(7-9-17(13)30(21,27)28)12-22-19(25)16-8-10-18(29-16)24-20(26)23-15-5-3-2-4-6-15/h2-11H,12H2,1H3,(H,22,25)(H2,21,27,28)(H2,23,24,26). The Labute approximate surface area is 178 Å². The summed E-state index contributed by atoms with van der Waals surface area (Å²) in [6.45, 7) is 1.86. The summed E-state index contributed by atoms with van der Waals surface area (Å²) in [4.78, 5) is 24.9. The molecule has 0 saturated heterocycles. The number of hydrogen-bond donors (Lipinski definition) is 4. The van der Waals surface area contributed by atoms with E-state index in [1.54, 1.807) is 43.3 Å². The minimum absolute atomic E-state index is 0.0559. The number of aryl methyl sites for hydroxylation is 1. The van der Waals surface area contributed by atoms with Gasteiger partial charge in [-0.05, 0) is 48.4 Å². The summed E-state index contributed by atoms with van der Waals surface area (Å²) in [5, 5.41) is 13.8. The highest BCUT2D eigenvalue weighted by Gasteiger charge is 2.13. The molecule has 0 radical (unpaired) electrons. The molecular formula is C20H20N4O4S2. The first-order valence-electron chi connectivity index (χ1n) is 8.86. The van der Waals surface area contributed by atoms with Gasteiger partial charge in [0.25, 0.3) is 5.91 Å². The van der Waals surface area contributed by atoms with Gasteiger partial charge in [0.2, 0.25) is 10.0 Å². The van der Waals surface area contributed by atoms with Crippen molar-refractivity contribution in [1.82, 2.24) is 5.32 Å². The zero-order chi connectivity index (χ0) is 21.7. The van der Waals surface area contributed by atoms with Crippen LogP contribution in [0.25, 0.3) is 0 Å². The molecule has 10 heteroatoms. The average molecular weight is 445 g/mol. The summed E-state index contributed by atoms with van der Waals surface area (Å²) in [6, 6.07) is 16.6. The van der Waals surface area contributed by atoms with Crippen molar-refractivity contribution in [2.45, 2.75) is 18.4 Å². The fraction of sp³-hybridized carbons (Fsp3) is 0.100. The molecule has 8 nitrogen and oxygen atoms in total. The van der Waals surface area contributed by atoms with Gasteiger partial charge in [0.05, 0.1) is 14.8 Å². The molecule has 0 aliphatic rings. The van der Waals surface area contributed by atoms with Crippen molar-refractivity contribution in [2.75, 3.05) is 10.6 Å². The largest absolute Gasteiger partial charge is 0.347 e. The number of carbonyl (C=O) groups excluding carboxylic acids is 2. The van der Waals surface area contributed by atoms with Crippen molar-refractivity contribution in [3.05, 3.63) is 76.7 Å². The molecule has 5 N–H and O–H groups in total. The van der Waals surface area contributed by atoms with Gasteiger partial charge in [-0.15, -0.1) is 11.3 Å². The maximum Gasteiger partial charge on any atom is 0.324 e. The molecule has 3 rings (SSSR count). The van der Waals surface area contributed by atoms with Crippen LogP contribution in [0.15, 0.2) is 65.6 Å². The van der Waals surface area contributed by atoms with Crippen LogP contribution in [0.5, 0.6) is 0 Å². The third-order valence-corrected chi connectivity index (χ3v) is 6.17. The van der Waals surface area contributed by atoms with Gasteiger partial charge in [0, 0.05) is 12.2 Å². The molecule has 0 aliphatic heterocycles. The van der Waals surface area contributed by atoms with Crippen LogP contribution < -0.4 is 21.1 Å². The minimum atomic E-state index is -3.78. The molecule has 156 valence electrons. The van der Waals surface area contributed by atoms with Crippen molar-refractivity contribution >= 4 is 44.0 Å². The molecule has 3 amide bonds. The van der Waals surface area contributed by atoms with Crippen LogP contribution in [0.1, 0.15) is 20.8 Å². The number of primary sulfonamides is 1. The summed E-state index contributed by atoms with van der Waals surface area (Å²) in [5.74, 6) is -0.301. The summed E-state index contributed by atoms with van der Waals surface area (Å²) in [6.07, 6.45) is 0. The number of thiophene rings is 1. The van der Waals surface area contributed by atoms with Crippen molar-refractivity contribution in [2.24, 2.45) is 5.14 Å². The zero-order valence-corrected chi connectivity index (χ0v) is 17.6. The highest BCUT2D eigenvalue weighted by Crippen LogP contribution is 2.22. The molecule has 0 unspecified atom stereocenters. The number of para-hydroxylation sites is 1. The third kappa shape index (κ3) is 5.66. The van der Waals surface area contributed by atoms with Gasteiger partial charge in [0.1, 0.15) is 0 Å². The molecule has 0 saturated carbocycles. The lowest BCUT2D eigenvalue weighted by Gasteiger charge is -2.08. The second-order valence-electron chi connectivity index (χ2n) is 6.44. The smallest absolute Gasteiger partial charge is 0.324 e. The van der Waals surface area contributed by atoms with E-state index >= 15 is 0 Å². The number of sulfonamides is 1. The number of urea groups is 1. The fourth-order valence-corrected chi connectivity index (χ4v) is 4.32. The van der Waals surface area contributed by atoms with Gasteiger partial charge < -0.3 is 10.6 Å². The number of amides is 3. The molecule has 3 aromatic rings. The van der Waals surface area contributed by atoms with Gasteiger partial charge in [-0.1, -0.05) is 30.3 Å². The molecular weight excluding hydrogens is 424 g/mol. The zero-order valence-electron chi connectivity index (χ0n) is 16.0. The van der Waals surface area contributed by atoms with E-state index in [1.165, 1.54) is 6.07 Å². The molecule has 0 aliphatic carbocycles. The van der Waals surface area contributed by atoms with Crippen LogP contribution in [0.4, 0.5) is 15.5 Å². The van der Waals surface area contributed by atoms with Crippen LogP contribution in [0, 0.1) is 6.92 Å². The predicted octanol–water partition coefficient (Wildman–Crippen LogP) is 3.28. The Morgan fingerprint density at radius 3 is 2.40 bits per heavy atom. The van der Waals surface area contributed by atoms with Crippen LogP contribution >= 0.6 is 11.3 Å². The van der Waals surface area contributed by atoms with Gasteiger partial charge in [-0.2, -0.15) is 0 Å². The number of nitrogens with two attached hydrogens (primary N) is 1. The summed E-state index contributed by atoms with van der Waals surface area (Å²) in [5.41, 5.74) is 1.91. The highest BCUT2D eigenvalue weighted by molar-refractivity contribution is 7.89. The molecule has 1 aromatic heterocycles. The molecule has 30 heavy (non-hydrogen) atoms. The second kappa shape index (κ2) is 9.08. The van der Waals surface area contributed by atoms with Crippen molar-refractivity contribution < 1.29 is 18.0 Å². The van der Waals surface area contributed by atoms with Gasteiger partial charge >= 0.3 is 6.03 Å². The van der Waals surface area contributed by atoms with Crippen molar-refractivity contribution in [3.63, 3.8) is 0 Å². The Balaban J connectivity index is 1.56. The first-order chi connectivity index (χ1) is 14.2. The lowest BCUT2D eigenvalue weighted by molar-refractivity contribution is 0.0955. The maximum absolute atomic E-state index is 12.4. The van der Waals surface area contributed by atoms with Crippen LogP contribution in [0.2, 0.25) is 0 Å². The van der Waals surface area contributed by atoms with Crippen LogP contribution in [-0.2, 0) is 16.6 Å². The van der Waals surface area contributed by atoms with Crippen molar-refractivity contribution in [3.8, 4) is 0 Å². The van der Waals surface area contributed by atoms with E-state index in [0.29, 0.717) is 21.1 Å². The van der Waals surface area contributed by atoms with Crippen LogP contribution in [-0.4, -0.2) is 20.4 Å². The van der Waals surface area contributed by atoms with E-state index < -0.39 is 16.1 Å². The number of rotatable bonds is 6. The van der Waals surface area contributed by atoms with Gasteiger partial charge in [-0.3, -0.25) is 10.1 Å². The molecule has 1 heterocycles. The average Bonchev–Trinajstić information content (AvgIpc) is 3.14. The van der Waals surface area contributed by atoms with E-state index in [0.717, 1.165) is 16.9 Å². The Bertz CT molecular complexity index is 1170. The Hall–Kier alpha value is -3.21. The highest BCUT2D eigenvalue weighted by atomic mass is 32.2.